The fourth-order valence-electron chi connectivity index (χ4n) is 1.34. The van der Waals surface area contributed by atoms with E-state index in [1.54, 1.807) is 24.0 Å². The van der Waals surface area contributed by atoms with Crippen molar-refractivity contribution < 1.29 is 13.2 Å². The largest absolute Gasteiger partial charge is 0.417 e. The maximum atomic E-state index is 12.3. The van der Waals surface area contributed by atoms with Crippen LogP contribution < -0.4 is 0 Å². The third-order valence-corrected chi connectivity index (χ3v) is 2.17. The molecule has 2 heterocycles. The molecular weight excluding hydrogens is 219 g/mol. The van der Waals surface area contributed by atoms with Crippen LogP contribution in [0.3, 0.4) is 0 Å². The van der Waals surface area contributed by atoms with Gasteiger partial charge in [0.2, 0.25) is 0 Å². The van der Waals surface area contributed by atoms with Gasteiger partial charge >= 0.3 is 6.18 Å². The molecular formula is C10H8F3N3. The smallest absolute Gasteiger partial charge is 0.266 e. The molecule has 0 bridgehead atoms. The first-order valence-corrected chi connectivity index (χ1v) is 4.50. The van der Waals surface area contributed by atoms with Crippen LogP contribution in [0.1, 0.15) is 5.56 Å². The first-order valence-electron chi connectivity index (χ1n) is 4.50. The van der Waals surface area contributed by atoms with E-state index in [0.717, 1.165) is 12.3 Å². The Balaban J connectivity index is 2.37. The van der Waals surface area contributed by atoms with E-state index < -0.39 is 11.7 Å². The summed E-state index contributed by atoms with van der Waals surface area (Å²) in [7, 11) is 1.70. The molecule has 3 nitrogen and oxygen atoms in total. The molecule has 84 valence electrons. The molecule has 0 spiro atoms. The zero-order valence-electron chi connectivity index (χ0n) is 8.36. The number of rotatable bonds is 1. The van der Waals surface area contributed by atoms with Gasteiger partial charge in [0.1, 0.15) is 0 Å². The molecule has 0 saturated carbocycles. The van der Waals surface area contributed by atoms with Crippen molar-refractivity contribution in [1.82, 2.24) is 14.8 Å². The molecule has 0 amide bonds. The van der Waals surface area contributed by atoms with Crippen molar-refractivity contribution in [2.45, 2.75) is 6.18 Å². The van der Waals surface area contributed by atoms with Gasteiger partial charge in [0, 0.05) is 19.4 Å². The summed E-state index contributed by atoms with van der Waals surface area (Å²) in [6.07, 6.45) is -1.96. The summed E-state index contributed by atoms with van der Waals surface area (Å²) in [5.41, 5.74) is 0.389. The number of halogens is 3. The van der Waals surface area contributed by atoms with E-state index in [2.05, 4.69) is 10.1 Å². The van der Waals surface area contributed by atoms with Gasteiger partial charge in [0.15, 0.2) is 0 Å². The highest BCUT2D eigenvalue weighted by Gasteiger charge is 2.30. The normalized spacial score (nSPS) is 11.8. The lowest BCUT2D eigenvalue weighted by molar-refractivity contribution is -0.137. The Labute approximate surface area is 89.5 Å². The first kappa shape index (κ1) is 10.7. The Kier molecular flexibility index (Phi) is 2.41. The van der Waals surface area contributed by atoms with E-state index in [1.807, 2.05) is 0 Å². The number of aromatic nitrogens is 3. The van der Waals surface area contributed by atoms with Gasteiger partial charge in [-0.15, -0.1) is 0 Å². The molecule has 0 aromatic carbocycles. The van der Waals surface area contributed by atoms with Crippen molar-refractivity contribution in [1.29, 1.82) is 0 Å². The van der Waals surface area contributed by atoms with Gasteiger partial charge in [-0.05, 0) is 18.2 Å². The van der Waals surface area contributed by atoms with E-state index in [1.165, 1.54) is 6.07 Å². The van der Waals surface area contributed by atoms with Gasteiger partial charge < -0.3 is 0 Å². The molecule has 0 saturated heterocycles. The minimum atomic E-state index is -4.35. The molecule has 0 unspecified atom stereocenters. The lowest BCUT2D eigenvalue weighted by Gasteiger charge is -2.06. The number of aryl methyl sites for hydroxylation is 1. The van der Waals surface area contributed by atoms with Crippen LogP contribution in [0.15, 0.2) is 30.6 Å². The van der Waals surface area contributed by atoms with E-state index in [0.29, 0.717) is 11.4 Å². The molecule has 0 aliphatic heterocycles. The Hall–Kier alpha value is -1.85. The second-order valence-corrected chi connectivity index (χ2v) is 3.27. The van der Waals surface area contributed by atoms with Crippen LogP contribution in [0.25, 0.3) is 11.4 Å². The van der Waals surface area contributed by atoms with E-state index in [-0.39, 0.29) is 0 Å². The lowest BCUT2D eigenvalue weighted by atomic mass is 10.2. The number of hydrogen-bond acceptors (Lipinski definition) is 2. The number of hydrogen-bond donors (Lipinski definition) is 0. The molecule has 0 atom stereocenters. The highest BCUT2D eigenvalue weighted by Crippen LogP contribution is 2.29. The second kappa shape index (κ2) is 3.62. The SMILES string of the molecule is Cn1nccc1-c1ccc(C(F)(F)F)cn1. The molecule has 16 heavy (non-hydrogen) atoms. The summed E-state index contributed by atoms with van der Waals surface area (Å²) in [6, 6.07) is 4.03. The summed E-state index contributed by atoms with van der Waals surface area (Å²) in [5.74, 6) is 0. The number of nitrogens with zero attached hydrogens (tertiary/aromatic N) is 3. The third kappa shape index (κ3) is 1.91. The van der Waals surface area contributed by atoms with Crippen LogP contribution in [0.4, 0.5) is 13.2 Å². The topological polar surface area (TPSA) is 30.7 Å². The zero-order chi connectivity index (χ0) is 11.8. The van der Waals surface area contributed by atoms with Crippen LogP contribution in [0.5, 0.6) is 0 Å². The third-order valence-electron chi connectivity index (χ3n) is 2.17. The quantitative estimate of drug-likeness (QED) is 0.749. The summed E-state index contributed by atoms with van der Waals surface area (Å²) in [5, 5.41) is 3.92. The minimum absolute atomic E-state index is 0.466. The molecule has 2 rings (SSSR count). The average molecular weight is 227 g/mol. The summed E-state index contributed by atoms with van der Waals surface area (Å²) in [4.78, 5) is 3.77. The standard InChI is InChI=1S/C10H8F3N3/c1-16-9(4-5-15-16)8-3-2-7(6-14-8)10(11,12)13/h2-6H,1H3. The van der Waals surface area contributed by atoms with Crippen molar-refractivity contribution in [2.75, 3.05) is 0 Å². The second-order valence-electron chi connectivity index (χ2n) is 3.27. The van der Waals surface area contributed by atoms with Gasteiger partial charge in [-0.3, -0.25) is 9.67 Å². The van der Waals surface area contributed by atoms with Crippen LogP contribution in [-0.4, -0.2) is 14.8 Å². The minimum Gasteiger partial charge on any atom is -0.266 e. The molecule has 2 aromatic rings. The van der Waals surface area contributed by atoms with Gasteiger partial charge in [0.05, 0.1) is 17.0 Å². The average Bonchev–Trinajstić information content (AvgIpc) is 2.63. The fourth-order valence-corrected chi connectivity index (χ4v) is 1.34. The Bertz CT molecular complexity index is 485. The van der Waals surface area contributed by atoms with E-state index >= 15 is 0 Å². The molecule has 0 aliphatic rings. The van der Waals surface area contributed by atoms with E-state index in [9.17, 15) is 13.2 Å². The molecule has 0 fully saturated rings. The van der Waals surface area contributed by atoms with Crippen molar-refractivity contribution in [3.05, 3.63) is 36.2 Å². The predicted octanol–water partition coefficient (Wildman–Crippen LogP) is 2.50. The Morgan fingerprint density at radius 1 is 1.19 bits per heavy atom. The summed E-state index contributed by atoms with van der Waals surface area (Å²) in [6.45, 7) is 0. The highest BCUT2D eigenvalue weighted by atomic mass is 19.4. The Morgan fingerprint density at radius 3 is 2.38 bits per heavy atom. The summed E-state index contributed by atoms with van der Waals surface area (Å²) < 4.78 is 38.4. The van der Waals surface area contributed by atoms with Gasteiger partial charge in [0.25, 0.3) is 0 Å². The van der Waals surface area contributed by atoms with Crippen molar-refractivity contribution in [3.8, 4) is 11.4 Å². The predicted molar refractivity (Wildman–Crippen MR) is 51.4 cm³/mol. The molecule has 2 aromatic heterocycles. The van der Waals surface area contributed by atoms with Crippen LogP contribution in [0, 0.1) is 0 Å². The fraction of sp³-hybridized carbons (Fsp3) is 0.200. The lowest BCUT2D eigenvalue weighted by Crippen LogP contribution is -2.05. The molecule has 6 heteroatoms. The molecule has 0 N–H and O–H groups in total. The van der Waals surface area contributed by atoms with Crippen LogP contribution in [-0.2, 0) is 13.2 Å². The van der Waals surface area contributed by atoms with Crippen molar-refractivity contribution >= 4 is 0 Å². The molecule has 0 radical (unpaired) electrons. The maximum Gasteiger partial charge on any atom is 0.417 e. The summed E-state index contributed by atoms with van der Waals surface area (Å²) >= 11 is 0. The first-order chi connectivity index (χ1) is 7.48. The zero-order valence-corrected chi connectivity index (χ0v) is 8.36. The number of pyridine rings is 1. The Morgan fingerprint density at radius 2 is 1.94 bits per heavy atom. The van der Waals surface area contributed by atoms with E-state index in [4.69, 9.17) is 0 Å². The van der Waals surface area contributed by atoms with Gasteiger partial charge in [-0.2, -0.15) is 18.3 Å². The van der Waals surface area contributed by atoms with Gasteiger partial charge in [-0.1, -0.05) is 0 Å². The van der Waals surface area contributed by atoms with Crippen molar-refractivity contribution in [2.24, 2.45) is 7.05 Å². The van der Waals surface area contributed by atoms with Crippen LogP contribution >= 0.6 is 0 Å². The van der Waals surface area contributed by atoms with Gasteiger partial charge in [-0.25, -0.2) is 0 Å². The maximum absolute atomic E-state index is 12.3. The monoisotopic (exact) mass is 227 g/mol. The highest BCUT2D eigenvalue weighted by molar-refractivity contribution is 5.54. The number of alkyl halides is 3. The van der Waals surface area contributed by atoms with Crippen LogP contribution in [0.2, 0.25) is 0 Å². The van der Waals surface area contributed by atoms with Crippen molar-refractivity contribution in [3.63, 3.8) is 0 Å². The molecule has 0 aliphatic carbocycles.